The molecule has 1 heterocycles. The van der Waals surface area contributed by atoms with Crippen LogP contribution in [0.3, 0.4) is 0 Å². The van der Waals surface area contributed by atoms with Gasteiger partial charge in [-0.15, -0.1) is 0 Å². The van der Waals surface area contributed by atoms with Crippen molar-refractivity contribution >= 4 is 0 Å². The second-order valence-corrected chi connectivity index (χ2v) is 4.84. The van der Waals surface area contributed by atoms with Crippen molar-refractivity contribution in [2.24, 2.45) is 0 Å². The van der Waals surface area contributed by atoms with E-state index in [2.05, 4.69) is 17.1 Å². The van der Waals surface area contributed by atoms with Crippen LogP contribution in [-0.2, 0) is 9.47 Å². The van der Waals surface area contributed by atoms with Gasteiger partial charge < -0.3 is 19.7 Å². The van der Waals surface area contributed by atoms with Crippen LogP contribution in [0.1, 0.15) is 32.6 Å². The van der Waals surface area contributed by atoms with Crippen LogP contribution >= 0.6 is 0 Å². The predicted molar refractivity (Wildman–Crippen MR) is 70.2 cm³/mol. The van der Waals surface area contributed by atoms with Crippen molar-refractivity contribution in [1.82, 2.24) is 10.2 Å². The fraction of sp³-hybridized carbons (Fsp3) is 1.00. The minimum atomic E-state index is -0.148. The topological polar surface area (TPSA) is 33.7 Å². The first-order chi connectivity index (χ1) is 8.27. The van der Waals surface area contributed by atoms with Gasteiger partial charge in [0.25, 0.3) is 0 Å². The Morgan fingerprint density at radius 3 is 2.35 bits per heavy atom. The third-order valence-electron chi connectivity index (χ3n) is 3.44. The molecule has 0 bridgehead atoms. The Labute approximate surface area is 106 Å². The zero-order valence-corrected chi connectivity index (χ0v) is 11.6. The van der Waals surface area contributed by atoms with Gasteiger partial charge in [0, 0.05) is 14.2 Å². The first kappa shape index (κ1) is 14.9. The van der Waals surface area contributed by atoms with Gasteiger partial charge in [-0.3, -0.25) is 0 Å². The van der Waals surface area contributed by atoms with Crippen molar-refractivity contribution in [3.63, 3.8) is 0 Å². The summed E-state index contributed by atoms with van der Waals surface area (Å²) in [6.07, 6.45) is 5.21. The molecule has 1 aliphatic rings. The van der Waals surface area contributed by atoms with E-state index >= 15 is 0 Å². The van der Waals surface area contributed by atoms with E-state index in [0.717, 1.165) is 6.54 Å². The van der Waals surface area contributed by atoms with Crippen molar-refractivity contribution in [2.45, 2.75) is 44.9 Å². The zero-order valence-electron chi connectivity index (χ0n) is 11.6. The van der Waals surface area contributed by atoms with E-state index in [0.29, 0.717) is 0 Å². The molecular formula is C13H28N2O2. The fourth-order valence-electron chi connectivity index (χ4n) is 2.42. The zero-order chi connectivity index (χ0) is 12.5. The van der Waals surface area contributed by atoms with Gasteiger partial charge in [0.05, 0.1) is 6.04 Å². The number of hydrogen-bond acceptors (Lipinski definition) is 4. The van der Waals surface area contributed by atoms with E-state index in [1.54, 1.807) is 14.2 Å². The van der Waals surface area contributed by atoms with Gasteiger partial charge in [-0.05, 0) is 52.4 Å². The SMILES string of the molecule is COC(OC)C(C)NCCCN1CCCCC1. The van der Waals surface area contributed by atoms with Crippen molar-refractivity contribution in [2.75, 3.05) is 40.4 Å². The lowest BCUT2D eigenvalue weighted by Gasteiger charge is -2.27. The molecule has 1 fully saturated rings. The van der Waals surface area contributed by atoms with Gasteiger partial charge in [0.15, 0.2) is 6.29 Å². The molecule has 0 spiro atoms. The number of ether oxygens (including phenoxy) is 2. The molecule has 1 saturated heterocycles. The Morgan fingerprint density at radius 1 is 1.12 bits per heavy atom. The Balaban J connectivity index is 2.02. The van der Waals surface area contributed by atoms with Crippen LogP contribution in [-0.4, -0.2) is 57.6 Å². The molecule has 1 rings (SSSR count). The Bertz CT molecular complexity index is 180. The monoisotopic (exact) mass is 244 g/mol. The van der Waals surface area contributed by atoms with Crippen molar-refractivity contribution in [1.29, 1.82) is 0 Å². The summed E-state index contributed by atoms with van der Waals surface area (Å²) in [7, 11) is 3.36. The Kier molecular flexibility index (Phi) is 7.77. The average Bonchev–Trinajstić information content (AvgIpc) is 2.37. The molecule has 0 saturated carbocycles. The molecule has 0 aromatic rings. The second-order valence-electron chi connectivity index (χ2n) is 4.84. The summed E-state index contributed by atoms with van der Waals surface area (Å²) in [6.45, 7) is 6.91. The van der Waals surface area contributed by atoms with E-state index in [1.807, 2.05) is 0 Å². The number of piperidine rings is 1. The largest absolute Gasteiger partial charge is 0.354 e. The quantitative estimate of drug-likeness (QED) is 0.518. The van der Waals surface area contributed by atoms with Crippen molar-refractivity contribution in [3.8, 4) is 0 Å². The summed E-state index contributed by atoms with van der Waals surface area (Å²) >= 11 is 0. The number of likely N-dealkylation sites (tertiary alicyclic amines) is 1. The summed E-state index contributed by atoms with van der Waals surface area (Å²) in [5.41, 5.74) is 0. The summed E-state index contributed by atoms with van der Waals surface area (Å²) in [5, 5.41) is 3.45. The summed E-state index contributed by atoms with van der Waals surface area (Å²) in [5.74, 6) is 0. The van der Waals surface area contributed by atoms with Crippen LogP contribution in [0.4, 0.5) is 0 Å². The van der Waals surface area contributed by atoms with Gasteiger partial charge in [-0.2, -0.15) is 0 Å². The van der Waals surface area contributed by atoms with E-state index in [-0.39, 0.29) is 12.3 Å². The average molecular weight is 244 g/mol. The number of nitrogens with one attached hydrogen (secondary N) is 1. The highest BCUT2D eigenvalue weighted by molar-refractivity contribution is 4.67. The van der Waals surface area contributed by atoms with Crippen molar-refractivity contribution < 1.29 is 9.47 Å². The maximum absolute atomic E-state index is 5.21. The Morgan fingerprint density at radius 2 is 1.76 bits per heavy atom. The minimum Gasteiger partial charge on any atom is -0.354 e. The number of methoxy groups -OCH3 is 2. The van der Waals surface area contributed by atoms with E-state index in [1.165, 1.54) is 45.3 Å². The third kappa shape index (κ3) is 5.82. The predicted octanol–water partition coefficient (Wildman–Crippen LogP) is 1.46. The first-order valence-corrected chi connectivity index (χ1v) is 6.79. The Hall–Kier alpha value is -0.160. The summed E-state index contributed by atoms with van der Waals surface area (Å²) < 4.78 is 10.4. The molecule has 1 N–H and O–H groups in total. The standard InChI is InChI=1S/C13H28N2O2/c1-12(13(16-2)17-3)14-8-7-11-15-9-5-4-6-10-15/h12-14H,4-11H2,1-3H3. The molecule has 4 nitrogen and oxygen atoms in total. The van der Waals surface area contributed by atoms with Crippen LogP contribution in [0, 0.1) is 0 Å². The maximum Gasteiger partial charge on any atom is 0.171 e. The fourth-order valence-corrected chi connectivity index (χ4v) is 2.42. The smallest absolute Gasteiger partial charge is 0.171 e. The lowest BCUT2D eigenvalue weighted by atomic mass is 10.1. The summed E-state index contributed by atoms with van der Waals surface area (Å²) in [6, 6.07) is 0.242. The normalized spacial score (nSPS) is 19.8. The molecule has 0 radical (unpaired) electrons. The molecule has 1 aliphatic heterocycles. The highest BCUT2D eigenvalue weighted by Crippen LogP contribution is 2.08. The van der Waals surface area contributed by atoms with E-state index in [9.17, 15) is 0 Å². The minimum absolute atomic E-state index is 0.148. The molecule has 17 heavy (non-hydrogen) atoms. The van der Waals surface area contributed by atoms with Crippen LogP contribution in [0.5, 0.6) is 0 Å². The van der Waals surface area contributed by atoms with Crippen LogP contribution in [0.25, 0.3) is 0 Å². The highest BCUT2D eigenvalue weighted by atomic mass is 16.7. The number of rotatable bonds is 8. The number of nitrogens with zero attached hydrogens (tertiary/aromatic N) is 1. The van der Waals surface area contributed by atoms with Crippen LogP contribution in [0.2, 0.25) is 0 Å². The van der Waals surface area contributed by atoms with Crippen LogP contribution < -0.4 is 5.32 Å². The van der Waals surface area contributed by atoms with Gasteiger partial charge >= 0.3 is 0 Å². The lowest BCUT2D eigenvalue weighted by Crippen LogP contribution is -2.41. The molecular weight excluding hydrogens is 216 g/mol. The molecule has 4 heteroatoms. The molecule has 102 valence electrons. The van der Waals surface area contributed by atoms with Crippen molar-refractivity contribution in [3.05, 3.63) is 0 Å². The lowest BCUT2D eigenvalue weighted by molar-refractivity contribution is -0.119. The molecule has 0 aliphatic carbocycles. The second kappa shape index (κ2) is 8.86. The summed E-state index contributed by atoms with van der Waals surface area (Å²) in [4.78, 5) is 2.57. The molecule has 0 aromatic carbocycles. The third-order valence-corrected chi connectivity index (χ3v) is 3.44. The molecule has 1 unspecified atom stereocenters. The van der Waals surface area contributed by atoms with Gasteiger partial charge in [0.1, 0.15) is 0 Å². The maximum atomic E-state index is 5.21. The van der Waals surface area contributed by atoms with Gasteiger partial charge in [-0.25, -0.2) is 0 Å². The molecule has 1 atom stereocenters. The first-order valence-electron chi connectivity index (χ1n) is 6.79. The van der Waals surface area contributed by atoms with Gasteiger partial charge in [-0.1, -0.05) is 6.42 Å². The van der Waals surface area contributed by atoms with E-state index < -0.39 is 0 Å². The van der Waals surface area contributed by atoms with Gasteiger partial charge in [0.2, 0.25) is 0 Å². The molecule has 0 amide bonds. The highest BCUT2D eigenvalue weighted by Gasteiger charge is 2.15. The van der Waals surface area contributed by atoms with E-state index in [4.69, 9.17) is 9.47 Å². The van der Waals surface area contributed by atoms with Crippen LogP contribution in [0.15, 0.2) is 0 Å². The number of hydrogen-bond donors (Lipinski definition) is 1. The molecule has 0 aromatic heterocycles.